The maximum Gasteiger partial charge on any atom is 0.191 e. The summed E-state index contributed by atoms with van der Waals surface area (Å²) in [4.78, 5) is 13.1. The molecule has 2 N–H and O–H groups in total. The number of thiazole rings is 1. The van der Waals surface area contributed by atoms with E-state index in [1.165, 1.54) is 35.8 Å². The van der Waals surface area contributed by atoms with Crippen molar-refractivity contribution < 1.29 is 0 Å². The summed E-state index contributed by atoms with van der Waals surface area (Å²) in [6.45, 7) is 13.9. The van der Waals surface area contributed by atoms with Gasteiger partial charge in [0, 0.05) is 43.2 Å². The molecule has 1 aliphatic rings. The van der Waals surface area contributed by atoms with Crippen molar-refractivity contribution in [2.75, 3.05) is 32.7 Å². The van der Waals surface area contributed by atoms with Crippen molar-refractivity contribution in [3.05, 3.63) is 16.1 Å². The molecule has 1 fully saturated rings. The summed E-state index contributed by atoms with van der Waals surface area (Å²) in [5, 5.41) is 7.96. The van der Waals surface area contributed by atoms with Crippen molar-refractivity contribution >= 4 is 41.3 Å². The Morgan fingerprint density at radius 1 is 1.48 bits per heavy atom. The molecule has 1 saturated heterocycles. The Bertz CT molecular complexity index is 519. The lowest BCUT2D eigenvalue weighted by atomic mass is 9.99. The Balaban J connectivity index is 0.00000312. The number of hydrogen-bond acceptors (Lipinski definition) is 4. The summed E-state index contributed by atoms with van der Waals surface area (Å²) in [5.74, 6) is 1.74. The van der Waals surface area contributed by atoms with Gasteiger partial charge in [-0.3, -0.25) is 9.89 Å². The third-order valence-electron chi connectivity index (χ3n) is 4.47. The SMILES string of the molecule is CCNC(=NCC(C)N1CCCC(C)C1)NCCc1ncc(C)s1.I. The van der Waals surface area contributed by atoms with E-state index in [1.54, 1.807) is 11.3 Å². The quantitative estimate of drug-likeness (QED) is 0.358. The monoisotopic (exact) mass is 479 g/mol. The first-order valence-electron chi connectivity index (χ1n) is 9.26. The minimum absolute atomic E-state index is 0. The molecule has 1 aromatic heterocycles. The Hall–Kier alpha value is -0.410. The molecule has 2 rings (SSSR count). The number of aryl methyl sites for hydroxylation is 1. The molecule has 2 heterocycles. The van der Waals surface area contributed by atoms with Gasteiger partial charge in [0.15, 0.2) is 5.96 Å². The second-order valence-electron chi connectivity index (χ2n) is 6.85. The van der Waals surface area contributed by atoms with Gasteiger partial charge in [0.2, 0.25) is 0 Å². The van der Waals surface area contributed by atoms with Crippen LogP contribution in [0.5, 0.6) is 0 Å². The molecule has 1 aliphatic heterocycles. The van der Waals surface area contributed by atoms with Crippen LogP contribution < -0.4 is 10.6 Å². The summed E-state index contributed by atoms with van der Waals surface area (Å²) < 4.78 is 0. The first-order chi connectivity index (χ1) is 11.6. The van der Waals surface area contributed by atoms with Gasteiger partial charge in [-0.05, 0) is 46.1 Å². The highest BCUT2D eigenvalue weighted by molar-refractivity contribution is 14.0. The Labute approximate surface area is 174 Å². The number of halogens is 1. The largest absolute Gasteiger partial charge is 0.357 e. The number of aromatic nitrogens is 1. The number of likely N-dealkylation sites (tertiary alicyclic amines) is 1. The lowest BCUT2D eigenvalue weighted by Crippen LogP contribution is -2.43. The predicted octanol–water partition coefficient (Wildman–Crippen LogP) is 3.29. The Morgan fingerprint density at radius 2 is 2.28 bits per heavy atom. The highest BCUT2D eigenvalue weighted by Gasteiger charge is 2.20. The molecule has 1 aromatic rings. The van der Waals surface area contributed by atoms with Crippen molar-refractivity contribution in [3.63, 3.8) is 0 Å². The van der Waals surface area contributed by atoms with Crippen LogP contribution in [0.15, 0.2) is 11.2 Å². The molecular weight excluding hydrogens is 445 g/mol. The Kier molecular flexibility index (Phi) is 10.9. The molecule has 7 heteroatoms. The van der Waals surface area contributed by atoms with Crippen LogP contribution in [0.4, 0.5) is 0 Å². The van der Waals surface area contributed by atoms with Crippen LogP contribution >= 0.6 is 35.3 Å². The predicted molar refractivity (Wildman–Crippen MR) is 119 cm³/mol. The molecule has 0 amide bonds. The maximum atomic E-state index is 4.79. The van der Waals surface area contributed by atoms with E-state index in [0.29, 0.717) is 6.04 Å². The van der Waals surface area contributed by atoms with Gasteiger partial charge in [-0.2, -0.15) is 0 Å². The van der Waals surface area contributed by atoms with E-state index in [1.807, 2.05) is 6.20 Å². The van der Waals surface area contributed by atoms with Crippen molar-refractivity contribution in [3.8, 4) is 0 Å². The number of nitrogens with zero attached hydrogens (tertiary/aromatic N) is 3. The Morgan fingerprint density at radius 3 is 2.92 bits per heavy atom. The van der Waals surface area contributed by atoms with E-state index in [-0.39, 0.29) is 24.0 Å². The lowest BCUT2D eigenvalue weighted by Gasteiger charge is -2.35. The van der Waals surface area contributed by atoms with Crippen LogP contribution in [-0.2, 0) is 6.42 Å². The van der Waals surface area contributed by atoms with E-state index < -0.39 is 0 Å². The van der Waals surface area contributed by atoms with Crippen molar-refractivity contribution in [1.29, 1.82) is 0 Å². The number of piperidine rings is 1. The molecule has 0 spiro atoms. The fraction of sp³-hybridized carbons (Fsp3) is 0.778. The zero-order chi connectivity index (χ0) is 17.4. The third kappa shape index (κ3) is 8.21. The second kappa shape index (κ2) is 12.1. The van der Waals surface area contributed by atoms with Crippen LogP contribution in [0.3, 0.4) is 0 Å². The van der Waals surface area contributed by atoms with Crippen LogP contribution in [0.2, 0.25) is 0 Å². The molecule has 0 bridgehead atoms. The first-order valence-corrected chi connectivity index (χ1v) is 10.1. The first kappa shape index (κ1) is 22.6. The lowest BCUT2D eigenvalue weighted by molar-refractivity contribution is 0.142. The second-order valence-corrected chi connectivity index (χ2v) is 8.17. The van der Waals surface area contributed by atoms with Crippen molar-refractivity contribution in [2.45, 2.75) is 53.0 Å². The average molecular weight is 479 g/mol. The minimum Gasteiger partial charge on any atom is -0.357 e. The molecule has 144 valence electrons. The zero-order valence-electron chi connectivity index (χ0n) is 16.0. The average Bonchev–Trinajstić information content (AvgIpc) is 2.97. The summed E-state index contributed by atoms with van der Waals surface area (Å²) in [7, 11) is 0. The van der Waals surface area contributed by atoms with E-state index in [0.717, 1.165) is 37.9 Å². The van der Waals surface area contributed by atoms with Crippen LogP contribution in [0.1, 0.15) is 43.5 Å². The van der Waals surface area contributed by atoms with Gasteiger partial charge in [-0.1, -0.05) is 6.92 Å². The number of guanidine groups is 1. The standard InChI is InChI=1S/C18H33N5S.HI/c1-5-19-18(20-9-8-17-21-12-16(4)24-17)22-11-15(3)23-10-6-7-14(2)13-23;/h12,14-15H,5-11,13H2,1-4H3,(H2,19,20,22);1H. The van der Waals surface area contributed by atoms with Gasteiger partial charge in [0.1, 0.15) is 0 Å². The maximum absolute atomic E-state index is 4.79. The van der Waals surface area contributed by atoms with Crippen LogP contribution in [-0.4, -0.2) is 54.6 Å². The fourth-order valence-corrected chi connectivity index (χ4v) is 3.90. The van der Waals surface area contributed by atoms with Crippen LogP contribution in [0, 0.1) is 12.8 Å². The number of aliphatic imine (C=N–C) groups is 1. The van der Waals surface area contributed by atoms with Gasteiger partial charge >= 0.3 is 0 Å². The molecule has 5 nitrogen and oxygen atoms in total. The topological polar surface area (TPSA) is 52.6 Å². The molecular formula is C18H34IN5S. The molecule has 25 heavy (non-hydrogen) atoms. The summed E-state index contributed by atoms with van der Waals surface area (Å²) in [6, 6.07) is 0.504. The highest BCUT2D eigenvalue weighted by atomic mass is 127. The molecule has 0 aromatic carbocycles. The van der Waals surface area contributed by atoms with E-state index in [4.69, 9.17) is 4.99 Å². The smallest absolute Gasteiger partial charge is 0.191 e. The van der Waals surface area contributed by atoms with Crippen molar-refractivity contribution in [2.24, 2.45) is 10.9 Å². The van der Waals surface area contributed by atoms with Gasteiger partial charge in [-0.25, -0.2) is 4.98 Å². The van der Waals surface area contributed by atoms with E-state index >= 15 is 0 Å². The molecule has 0 aliphatic carbocycles. The fourth-order valence-electron chi connectivity index (χ4n) is 3.11. The van der Waals surface area contributed by atoms with E-state index in [2.05, 4.69) is 48.2 Å². The van der Waals surface area contributed by atoms with Gasteiger partial charge in [0.25, 0.3) is 0 Å². The number of nitrogens with one attached hydrogen (secondary N) is 2. The minimum atomic E-state index is 0. The molecule has 2 atom stereocenters. The molecule has 0 saturated carbocycles. The number of hydrogen-bond donors (Lipinski definition) is 2. The number of rotatable bonds is 7. The van der Waals surface area contributed by atoms with Gasteiger partial charge in [0.05, 0.1) is 11.6 Å². The zero-order valence-corrected chi connectivity index (χ0v) is 19.2. The highest BCUT2D eigenvalue weighted by Crippen LogP contribution is 2.17. The van der Waals surface area contributed by atoms with Gasteiger partial charge in [-0.15, -0.1) is 35.3 Å². The molecule has 2 unspecified atom stereocenters. The van der Waals surface area contributed by atoms with Crippen LogP contribution in [0.25, 0.3) is 0 Å². The molecule has 0 radical (unpaired) electrons. The summed E-state index contributed by atoms with van der Waals surface area (Å²) >= 11 is 1.77. The van der Waals surface area contributed by atoms with E-state index in [9.17, 15) is 0 Å². The summed E-state index contributed by atoms with van der Waals surface area (Å²) in [6.07, 6.45) is 5.58. The normalized spacial score (nSPS) is 20.0. The third-order valence-corrected chi connectivity index (χ3v) is 5.44. The van der Waals surface area contributed by atoms with Gasteiger partial charge < -0.3 is 10.6 Å². The summed E-state index contributed by atoms with van der Waals surface area (Å²) in [5.41, 5.74) is 0. The van der Waals surface area contributed by atoms with Crippen molar-refractivity contribution in [1.82, 2.24) is 20.5 Å².